The Balaban J connectivity index is 1.33. The van der Waals surface area contributed by atoms with Crippen molar-refractivity contribution in [3.05, 3.63) is 29.1 Å². The van der Waals surface area contributed by atoms with Crippen molar-refractivity contribution in [2.75, 3.05) is 44.3 Å². The molecule has 0 bridgehead atoms. The predicted molar refractivity (Wildman–Crippen MR) is 111 cm³/mol. The molecule has 0 saturated carbocycles. The fourth-order valence-electron chi connectivity index (χ4n) is 3.86. The lowest BCUT2D eigenvalue weighted by atomic mass is 10.2. The quantitative estimate of drug-likeness (QED) is 0.623. The minimum atomic E-state index is -0.245. The van der Waals surface area contributed by atoms with Crippen molar-refractivity contribution >= 4 is 38.7 Å². The number of pyridine rings is 1. The van der Waals surface area contributed by atoms with Gasteiger partial charge in [0.15, 0.2) is 0 Å². The van der Waals surface area contributed by atoms with E-state index in [9.17, 15) is 4.79 Å². The molecule has 1 atom stereocenters. The van der Waals surface area contributed by atoms with Crippen molar-refractivity contribution in [1.29, 1.82) is 0 Å². The minimum absolute atomic E-state index is 0.113. The van der Waals surface area contributed by atoms with Crippen LogP contribution in [0.2, 0.25) is 0 Å². The second kappa shape index (κ2) is 7.68. The van der Waals surface area contributed by atoms with Crippen LogP contribution in [0, 0.1) is 0 Å². The van der Waals surface area contributed by atoms with Crippen LogP contribution in [0.5, 0.6) is 0 Å². The van der Waals surface area contributed by atoms with Gasteiger partial charge in [-0.2, -0.15) is 5.10 Å². The van der Waals surface area contributed by atoms with Crippen molar-refractivity contribution in [1.82, 2.24) is 25.1 Å². The van der Waals surface area contributed by atoms with Crippen LogP contribution >= 0.6 is 15.9 Å². The summed E-state index contributed by atoms with van der Waals surface area (Å²) < 4.78 is 11.8. The van der Waals surface area contributed by atoms with Crippen LogP contribution in [-0.4, -0.2) is 76.7 Å². The second-order valence-electron chi connectivity index (χ2n) is 7.20. The van der Waals surface area contributed by atoms with Crippen molar-refractivity contribution < 1.29 is 14.3 Å². The van der Waals surface area contributed by atoms with E-state index in [1.807, 2.05) is 12.3 Å². The zero-order valence-electron chi connectivity index (χ0n) is 15.7. The number of carbonyl (C=O) groups excluding carboxylic acids is 1. The Kier molecular flexibility index (Phi) is 4.88. The molecule has 0 spiro atoms. The van der Waals surface area contributed by atoms with Gasteiger partial charge in [-0.1, -0.05) is 0 Å². The fraction of sp³-hybridized carbons (Fsp3) is 0.421. The van der Waals surface area contributed by atoms with Crippen LogP contribution in [-0.2, 0) is 9.47 Å². The molecule has 3 aromatic heterocycles. The van der Waals surface area contributed by atoms with E-state index >= 15 is 0 Å². The summed E-state index contributed by atoms with van der Waals surface area (Å²) in [7, 11) is 0. The highest BCUT2D eigenvalue weighted by molar-refractivity contribution is 9.10. The van der Waals surface area contributed by atoms with Gasteiger partial charge < -0.3 is 24.3 Å². The molecule has 0 aromatic carbocycles. The lowest BCUT2D eigenvalue weighted by Gasteiger charge is -2.36. The monoisotopic (exact) mass is 460 g/mol. The molecule has 5 heterocycles. The molecular formula is C19H21BrN6O3. The average Bonchev–Trinajstić information content (AvgIpc) is 3.50. The third kappa shape index (κ3) is 3.46. The van der Waals surface area contributed by atoms with Gasteiger partial charge in [-0.05, 0) is 22.0 Å². The number of hydrogen-bond acceptors (Lipinski definition) is 6. The molecule has 2 saturated heterocycles. The summed E-state index contributed by atoms with van der Waals surface area (Å²) in [6.45, 7) is 3.86. The van der Waals surface area contributed by atoms with Gasteiger partial charge in [-0.25, -0.2) is 9.78 Å². The maximum Gasteiger partial charge on any atom is 0.410 e. The molecule has 10 heteroatoms. The number of aromatic amines is 2. The van der Waals surface area contributed by atoms with Gasteiger partial charge >= 0.3 is 6.09 Å². The first-order valence-electron chi connectivity index (χ1n) is 9.64. The zero-order valence-corrected chi connectivity index (χ0v) is 17.3. The number of aromatic nitrogens is 4. The van der Waals surface area contributed by atoms with E-state index in [2.05, 4.69) is 41.0 Å². The lowest BCUT2D eigenvalue weighted by molar-refractivity contribution is 0.0534. The first-order chi connectivity index (χ1) is 14.2. The molecule has 3 aromatic rings. The van der Waals surface area contributed by atoms with E-state index in [1.165, 1.54) is 0 Å². The topological polar surface area (TPSA) is 99.4 Å². The Morgan fingerprint density at radius 3 is 2.90 bits per heavy atom. The number of hydrogen-bond donors (Lipinski definition) is 2. The summed E-state index contributed by atoms with van der Waals surface area (Å²) in [5, 5.41) is 7.90. The number of halogens is 1. The molecule has 0 aliphatic carbocycles. The second-order valence-corrected chi connectivity index (χ2v) is 7.99. The Morgan fingerprint density at radius 1 is 1.31 bits per heavy atom. The van der Waals surface area contributed by atoms with E-state index < -0.39 is 0 Å². The van der Waals surface area contributed by atoms with E-state index in [0.717, 1.165) is 52.0 Å². The standard InChI is InChI=1S/C19H21BrN6O3/c20-16-15-14(1-3-21-18(15)24-17(16)12-9-22-23-10-12)25-4-6-26(7-5-25)19(27)29-13-2-8-28-11-13/h1,3,9-10,13H,2,4-8,11H2,(H,21,24)(H,22,23). The summed E-state index contributed by atoms with van der Waals surface area (Å²) in [5.41, 5.74) is 3.80. The highest BCUT2D eigenvalue weighted by Gasteiger charge is 2.28. The molecule has 5 rings (SSSR count). The summed E-state index contributed by atoms with van der Waals surface area (Å²) in [6.07, 6.45) is 5.84. The number of fused-ring (bicyclic) bond motifs is 1. The van der Waals surface area contributed by atoms with Gasteiger partial charge in [0, 0.05) is 50.6 Å². The largest absolute Gasteiger partial charge is 0.444 e. The van der Waals surface area contributed by atoms with Crippen LogP contribution in [0.3, 0.4) is 0 Å². The number of piperazine rings is 1. The van der Waals surface area contributed by atoms with E-state index in [-0.39, 0.29) is 12.2 Å². The summed E-state index contributed by atoms with van der Waals surface area (Å²) in [4.78, 5) is 24.3. The Hall–Kier alpha value is -2.59. The van der Waals surface area contributed by atoms with Gasteiger partial charge in [0.05, 0.1) is 40.7 Å². The Labute approximate surface area is 175 Å². The van der Waals surface area contributed by atoms with Crippen LogP contribution in [0.25, 0.3) is 22.3 Å². The summed E-state index contributed by atoms with van der Waals surface area (Å²) in [6, 6.07) is 2.02. The van der Waals surface area contributed by atoms with Crippen molar-refractivity contribution in [3.8, 4) is 11.3 Å². The number of rotatable bonds is 3. The van der Waals surface area contributed by atoms with E-state index in [1.54, 1.807) is 17.3 Å². The van der Waals surface area contributed by atoms with Gasteiger partial charge in [0.2, 0.25) is 0 Å². The van der Waals surface area contributed by atoms with Crippen LogP contribution in [0.15, 0.2) is 29.1 Å². The Bertz CT molecular complexity index is 1010. The first-order valence-corrected chi connectivity index (χ1v) is 10.4. The minimum Gasteiger partial charge on any atom is -0.444 e. The highest BCUT2D eigenvalue weighted by atomic mass is 79.9. The number of nitrogens with zero attached hydrogens (tertiary/aromatic N) is 4. The zero-order chi connectivity index (χ0) is 19.8. The van der Waals surface area contributed by atoms with Crippen LogP contribution < -0.4 is 4.90 Å². The Morgan fingerprint density at radius 2 is 2.17 bits per heavy atom. The number of anilines is 1. The third-order valence-electron chi connectivity index (χ3n) is 5.43. The molecule has 0 radical (unpaired) electrons. The first kappa shape index (κ1) is 18.4. The molecule has 2 aliphatic rings. The van der Waals surface area contributed by atoms with E-state index in [0.29, 0.717) is 26.3 Å². The SMILES string of the molecule is O=C(OC1CCOC1)N1CCN(c2ccnc3[nH]c(-c4cn[nH]c4)c(Br)c23)CC1. The number of ether oxygens (including phenoxy) is 2. The summed E-state index contributed by atoms with van der Waals surface area (Å²) in [5.74, 6) is 0. The molecule has 2 fully saturated rings. The van der Waals surface area contributed by atoms with Crippen molar-refractivity contribution in [2.45, 2.75) is 12.5 Å². The lowest BCUT2D eigenvalue weighted by Crippen LogP contribution is -2.49. The molecule has 152 valence electrons. The average molecular weight is 461 g/mol. The van der Waals surface area contributed by atoms with Gasteiger partial charge in [0.1, 0.15) is 11.8 Å². The van der Waals surface area contributed by atoms with Gasteiger partial charge in [-0.15, -0.1) is 0 Å². The molecule has 2 aliphatic heterocycles. The fourth-order valence-corrected chi connectivity index (χ4v) is 4.58. The smallest absolute Gasteiger partial charge is 0.410 e. The van der Waals surface area contributed by atoms with Gasteiger partial charge in [0.25, 0.3) is 0 Å². The third-order valence-corrected chi connectivity index (χ3v) is 6.23. The number of amides is 1. The maximum absolute atomic E-state index is 12.4. The molecule has 29 heavy (non-hydrogen) atoms. The molecule has 9 nitrogen and oxygen atoms in total. The number of nitrogens with one attached hydrogen (secondary N) is 2. The van der Waals surface area contributed by atoms with Crippen LogP contribution in [0.4, 0.5) is 10.5 Å². The molecule has 1 unspecified atom stereocenters. The maximum atomic E-state index is 12.4. The van der Waals surface area contributed by atoms with Crippen molar-refractivity contribution in [3.63, 3.8) is 0 Å². The highest BCUT2D eigenvalue weighted by Crippen LogP contribution is 2.39. The molecule has 2 N–H and O–H groups in total. The number of carbonyl (C=O) groups is 1. The predicted octanol–water partition coefficient (Wildman–Crippen LogP) is 2.76. The van der Waals surface area contributed by atoms with E-state index in [4.69, 9.17) is 9.47 Å². The molecule has 1 amide bonds. The van der Waals surface area contributed by atoms with Gasteiger partial charge in [-0.3, -0.25) is 5.10 Å². The normalized spacial score (nSPS) is 19.8. The van der Waals surface area contributed by atoms with Crippen molar-refractivity contribution in [2.24, 2.45) is 0 Å². The molecular weight excluding hydrogens is 440 g/mol. The van der Waals surface area contributed by atoms with Crippen LogP contribution in [0.1, 0.15) is 6.42 Å². The summed E-state index contributed by atoms with van der Waals surface area (Å²) >= 11 is 3.74. The number of H-pyrrole nitrogens is 2.